The predicted molar refractivity (Wildman–Crippen MR) is 199 cm³/mol. The minimum atomic E-state index is -2.26. The zero-order valence-corrected chi connectivity index (χ0v) is 35.0. The van der Waals surface area contributed by atoms with Gasteiger partial charge in [0.2, 0.25) is 0 Å². The van der Waals surface area contributed by atoms with Crippen LogP contribution in [0.25, 0.3) is 0 Å². The van der Waals surface area contributed by atoms with Crippen molar-refractivity contribution >= 4 is 0 Å². The van der Waals surface area contributed by atoms with Crippen LogP contribution in [0.4, 0.5) is 0 Å². The van der Waals surface area contributed by atoms with Crippen LogP contribution in [0.15, 0.2) is 0 Å². The maximum absolute atomic E-state index is 11.5. The molecule has 0 bridgehead atoms. The van der Waals surface area contributed by atoms with E-state index in [1.807, 2.05) is 0 Å². The van der Waals surface area contributed by atoms with Gasteiger partial charge in [0.25, 0.3) is 0 Å². The summed E-state index contributed by atoms with van der Waals surface area (Å²) in [6.07, 6.45) is -58.5. The normalized spacial score (nSPS) is 53.4. The number of hydrogen-bond acceptors (Lipinski definition) is 31. The highest BCUT2D eigenvalue weighted by molar-refractivity contribution is 5.00. The van der Waals surface area contributed by atoms with E-state index in [0.717, 1.165) is 0 Å². The molecule has 0 aromatic heterocycles. The molecular weight excluding hydrogens is 928 g/mol. The van der Waals surface area contributed by atoms with Crippen LogP contribution in [0.3, 0.4) is 0 Å². The van der Waals surface area contributed by atoms with Crippen molar-refractivity contribution in [3.63, 3.8) is 0 Å². The molecule has 0 aromatic carbocycles. The lowest BCUT2D eigenvalue weighted by molar-refractivity contribution is -0.398. The van der Waals surface area contributed by atoms with E-state index in [0.29, 0.717) is 0 Å². The molecular formula is C36H62O31. The zero-order valence-electron chi connectivity index (χ0n) is 35.0. The SMILES string of the molecule is OCC1OC(O[C@@H]2C(O)C(O[C@@H]3C(O)C(O[C@@H]4C(O)C(O[C@@H]5C(O)C(O[C@@H]6C(O)[C@H](O)OC(CO)[C@H]6O)OC(CO)[C@H]5O)OC(CO)[C@H]4O)OC(CO)[C@H]3O)OC(CO)[C@H]2O)C(O)[C@@H](O)[C@@H]1O. The molecule has 31 heteroatoms. The number of rotatable bonds is 16. The molecule has 17 unspecified atom stereocenters. The molecule has 30 atom stereocenters. The smallest absolute Gasteiger partial charge is 0.187 e. The van der Waals surface area contributed by atoms with Gasteiger partial charge in [-0.2, -0.15) is 0 Å². The molecule has 392 valence electrons. The lowest BCUT2D eigenvalue weighted by Crippen LogP contribution is -2.68. The van der Waals surface area contributed by atoms with Crippen LogP contribution in [-0.4, -0.2) is 326 Å². The van der Waals surface area contributed by atoms with Gasteiger partial charge in [0.1, 0.15) is 146 Å². The lowest BCUT2D eigenvalue weighted by atomic mass is 9.95. The highest BCUT2D eigenvalue weighted by Crippen LogP contribution is 2.37. The predicted octanol–water partition coefficient (Wildman–Crippen LogP) is -14.1. The van der Waals surface area contributed by atoms with E-state index in [-0.39, 0.29) is 0 Å². The zero-order chi connectivity index (χ0) is 49.3. The van der Waals surface area contributed by atoms with Gasteiger partial charge in [0.15, 0.2) is 37.7 Å². The maximum atomic E-state index is 11.5. The molecule has 0 spiro atoms. The van der Waals surface area contributed by atoms with Gasteiger partial charge < -0.3 is 154 Å². The first-order valence-corrected chi connectivity index (χ1v) is 21.1. The highest BCUT2D eigenvalue weighted by Gasteiger charge is 2.58. The highest BCUT2D eigenvalue weighted by atomic mass is 16.8. The van der Waals surface area contributed by atoms with Gasteiger partial charge in [-0.25, -0.2) is 0 Å². The molecule has 31 nitrogen and oxygen atoms in total. The number of aliphatic hydroxyl groups excluding tert-OH is 20. The van der Waals surface area contributed by atoms with Gasteiger partial charge in [-0.3, -0.25) is 0 Å². The van der Waals surface area contributed by atoms with Crippen LogP contribution in [0, 0.1) is 0 Å². The van der Waals surface area contributed by atoms with Gasteiger partial charge in [-0.15, -0.1) is 0 Å². The molecule has 6 aliphatic heterocycles. The lowest BCUT2D eigenvalue weighted by Gasteiger charge is -2.50. The second-order valence-corrected chi connectivity index (χ2v) is 16.8. The van der Waals surface area contributed by atoms with E-state index >= 15 is 0 Å². The summed E-state index contributed by atoms with van der Waals surface area (Å²) in [4.78, 5) is 0. The number of ether oxygens (including phenoxy) is 11. The van der Waals surface area contributed by atoms with E-state index < -0.39 is 224 Å². The summed E-state index contributed by atoms with van der Waals surface area (Å²) in [5.41, 5.74) is 0. The van der Waals surface area contributed by atoms with E-state index in [4.69, 9.17) is 52.1 Å². The third kappa shape index (κ3) is 11.2. The average molecular weight is 991 g/mol. The largest absolute Gasteiger partial charge is 0.394 e. The van der Waals surface area contributed by atoms with E-state index in [1.54, 1.807) is 0 Å². The van der Waals surface area contributed by atoms with Crippen molar-refractivity contribution in [1.29, 1.82) is 0 Å². The maximum Gasteiger partial charge on any atom is 0.187 e. The van der Waals surface area contributed by atoms with Crippen molar-refractivity contribution in [2.24, 2.45) is 0 Å². The minimum absolute atomic E-state index is 0.862. The Bertz CT molecular complexity index is 1510. The first-order valence-electron chi connectivity index (χ1n) is 21.1. The quantitative estimate of drug-likeness (QED) is 0.0683. The molecule has 0 amide bonds. The first-order chi connectivity index (χ1) is 31.8. The van der Waals surface area contributed by atoms with Crippen molar-refractivity contribution in [2.75, 3.05) is 39.6 Å². The molecule has 6 rings (SSSR count). The topological polar surface area (TPSA) is 506 Å². The van der Waals surface area contributed by atoms with Crippen LogP contribution < -0.4 is 0 Å². The minimum Gasteiger partial charge on any atom is -0.394 e. The second-order valence-electron chi connectivity index (χ2n) is 16.8. The summed E-state index contributed by atoms with van der Waals surface area (Å²) in [5, 5.41) is 211. The molecule has 0 saturated carbocycles. The standard InChI is InChI=1S/C36H62O31/c37-1-7-13(43)19(49)20(50)32(58-7)64-27-15(45)9(3-39)60-34(22(27)52)66-29-17(47)11(5-41)62-36(24(29)54)67-30-18(48)12(6-42)61-35(25(30)55)65-28-16(46)10(4-40)59-33(23(28)53)63-26-14(44)8(2-38)57-31(56)21(26)51/h7-56H,1-6H2/t7?,8?,9?,10?,11?,12?,13-,14-,15-,16-,17-,18-,19+,20?,21?,22?,23?,24?,25?,26+,27+,28+,29+,30+,31-,32?,33?,34?,35?,36?/m1/s1. The fraction of sp³-hybridized carbons (Fsp3) is 1.00. The molecule has 6 fully saturated rings. The monoisotopic (exact) mass is 990 g/mol. The van der Waals surface area contributed by atoms with Crippen molar-refractivity contribution in [3.8, 4) is 0 Å². The molecule has 6 heterocycles. The van der Waals surface area contributed by atoms with Gasteiger partial charge >= 0.3 is 0 Å². The van der Waals surface area contributed by atoms with Crippen LogP contribution in [0.5, 0.6) is 0 Å². The van der Waals surface area contributed by atoms with Crippen molar-refractivity contribution in [3.05, 3.63) is 0 Å². The van der Waals surface area contributed by atoms with Crippen molar-refractivity contribution < 1.29 is 154 Å². The van der Waals surface area contributed by atoms with Gasteiger partial charge in [0, 0.05) is 0 Å². The Kier molecular flexibility index (Phi) is 19.4. The Balaban J connectivity index is 1.18. The van der Waals surface area contributed by atoms with Crippen LogP contribution in [-0.2, 0) is 52.1 Å². The summed E-state index contributed by atoms with van der Waals surface area (Å²) in [6, 6.07) is 0. The Morgan fingerprint density at radius 2 is 0.433 bits per heavy atom. The van der Waals surface area contributed by atoms with Crippen molar-refractivity contribution in [1.82, 2.24) is 0 Å². The van der Waals surface area contributed by atoms with E-state index in [2.05, 4.69) is 0 Å². The van der Waals surface area contributed by atoms with Crippen LogP contribution in [0.2, 0.25) is 0 Å². The molecule has 0 aliphatic carbocycles. The third-order valence-corrected chi connectivity index (χ3v) is 12.4. The van der Waals surface area contributed by atoms with Gasteiger partial charge in [-0.05, 0) is 0 Å². The summed E-state index contributed by atoms with van der Waals surface area (Å²) in [6.45, 7) is -5.79. The molecule has 0 aromatic rings. The van der Waals surface area contributed by atoms with E-state index in [1.165, 1.54) is 0 Å². The summed E-state index contributed by atoms with van der Waals surface area (Å²) < 4.78 is 60.4. The van der Waals surface area contributed by atoms with E-state index in [9.17, 15) is 102 Å². The van der Waals surface area contributed by atoms with Crippen molar-refractivity contribution in [2.45, 2.75) is 184 Å². The Morgan fingerprint density at radius 1 is 0.224 bits per heavy atom. The van der Waals surface area contributed by atoms with Crippen LogP contribution in [0.1, 0.15) is 0 Å². The fourth-order valence-corrected chi connectivity index (χ4v) is 8.49. The van der Waals surface area contributed by atoms with Gasteiger partial charge in [-0.1, -0.05) is 0 Å². The summed E-state index contributed by atoms with van der Waals surface area (Å²) >= 11 is 0. The molecule has 6 saturated heterocycles. The average Bonchev–Trinajstić information content (AvgIpc) is 3.31. The Labute approximate surface area is 378 Å². The number of hydrogen-bond donors (Lipinski definition) is 20. The van der Waals surface area contributed by atoms with Crippen LogP contribution >= 0.6 is 0 Å². The third-order valence-electron chi connectivity index (χ3n) is 12.4. The summed E-state index contributed by atoms with van der Waals surface area (Å²) in [7, 11) is 0. The second kappa shape index (κ2) is 23.5. The molecule has 20 N–H and O–H groups in total. The first kappa shape index (κ1) is 55.1. The molecule has 6 aliphatic rings. The summed E-state index contributed by atoms with van der Waals surface area (Å²) in [5.74, 6) is 0. The molecule has 0 radical (unpaired) electrons. The molecule has 67 heavy (non-hydrogen) atoms. The Hall–Kier alpha value is -1.24. The van der Waals surface area contributed by atoms with Gasteiger partial charge in [0.05, 0.1) is 39.6 Å². The fourth-order valence-electron chi connectivity index (χ4n) is 8.49. The number of aliphatic hydroxyl groups is 20. The Morgan fingerprint density at radius 3 is 0.687 bits per heavy atom.